The van der Waals surface area contributed by atoms with Crippen molar-refractivity contribution in [3.8, 4) is 0 Å². The zero-order valence-electron chi connectivity index (χ0n) is 9.31. The van der Waals surface area contributed by atoms with Gasteiger partial charge < -0.3 is 11.1 Å². The number of hydrogen-bond acceptors (Lipinski definition) is 2. The van der Waals surface area contributed by atoms with Crippen molar-refractivity contribution >= 4 is 0 Å². The van der Waals surface area contributed by atoms with E-state index in [1.807, 2.05) is 0 Å². The number of unbranched alkanes of at least 4 members (excludes halogenated alkanes) is 3. The second kappa shape index (κ2) is 10.0. The van der Waals surface area contributed by atoms with E-state index in [4.69, 9.17) is 5.73 Å². The molecule has 1 atom stereocenters. The molecular formula is C11H26N2. The largest absolute Gasteiger partial charge is 0.330 e. The van der Waals surface area contributed by atoms with Gasteiger partial charge in [-0.1, -0.05) is 33.1 Å². The highest BCUT2D eigenvalue weighted by molar-refractivity contribution is 4.64. The maximum atomic E-state index is 5.52. The fourth-order valence-electron chi connectivity index (χ4n) is 1.51. The van der Waals surface area contributed by atoms with Crippen LogP contribution in [0.15, 0.2) is 0 Å². The molecule has 2 nitrogen and oxygen atoms in total. The summed E-state index contributed by atoms with van der Waals surface area (Å²) < 4.78 is 0. The van der Waals surface area contributed by atoms with Crippen molar-refractivity contribution in [2.45, 2.75) is 58.4 Å². The predicted molar refractivity (Wildman–Crippen MR) is 59.9 cm³/mol. The first-order valence-corrected chi connectivity index (χ1v) is 5.78. The first-order chi connectivity index (χ1) is 6.35. The Balaban J connectivity index is 3.17. The standard InChI is InChI=1S/C11H26N2/c1-3-5-6-7-10-13-11(4-2)8-9-12/h11,13H,3-10,12H2,1-2H3. The van der Waals surface area contributed by atoms with E-state index in [2.05, 4.69) is 19.2 Å². The Hall–Kier alpha value is -0.0800. The Morgan fingerprint density at radius 3 is 2.46 bits per heavy atom. The van der Waals surface area contributed by atoms with Crippen molar-refractivity contribution in [2.24, 2.45) is 5.73 Å². The molecule has 80 valence electrons. The minimum atomic E-state index is 0.645. The third kappa shape index (κ3) is 8.26. The SMILES string of the molecule is CCCCCCNC(CC)CCN. The van der Waals surface area contributed by atoms with Crippen LogP contribution in [0.4, 0.5) is 0 Å². The minimum Gasteiger partial charge on any atom is -0.330 e. The van der Waals surface area contributed by atoms with E-state index in [9.17, 15) is 0 Å². The average molecular weight is 186 g/mol. The molecule has 0 spiro atoms. The molecule has 0 saturated heterocycles. The molecule has 2 heteroatoms. The minimum absolute atomic E-state index is 0.645. The van der Waals surface area contributed by atoms with Crippen LogP contribution in [0.1, 0.15) is 52.4 Å². The summed E-state index contributed by atoms with van der Waals surface area (Å²) in [5.74, 6) is 0. The van der Waals surface area contributed by atoms with Crippen molar-refractivity contribution in [1.29, 1.82) is 0 Å². The maximum Gasteiger partial charge on any atom is 0.00764 e. The van der Waals surface area contributed by atoms with E-state index in [1.165, 1.54) is 38.6 Å². The second-order valence-electron chi connectivity index (χ2n) is 3.70. The van der Waals surface area contributed by atoms with E-state index >= 15 is 0 Å². The zero-order chi connectivity index (χ0) is 9.94. The lowest BCUT2D eigenvalue weighted by atomic mass is 10.1. The van der Waals surface area contributed by atoms with Crippen LogP contribution in [0.3, 0.4) is 0 Å². The lowest BCUT2D eigenvalue weighted by Gasteiger charge is -2.15. The molecule has 0 amide bonds. The fourth-order valence-corrected chi connectivity index (χ4v) is 1.51. The van der Waals surface area contributed by atoms with Gasteiger partial charge in [0, 0.05) is 6.04 Å². The van der Waals surface area contributed by atoms with Crippen LogP contribution in [0, 0.1) is 0 Å². The second-order valence-corrected chi connectivity index (χ2v) is 3.70. The molecule has 0 heterocycles. The third-order valence-corrected chi connectivity index (χ3v) is 2.47. The lowest BCUT2D eigenvalue weighted by Crippen LogP contribution is -2.31. The number of nitrogens with two attached hydrogens (primary N) is 1. The van der Waals surface area contributed by atoms with Gasteiger partial charge in [0.15, 0.2) is 0 Å². The topological polar surface area (TPSA) is 38.0 Å². The molecule has 0 aromatic carbocycles. The molecule has 13 heavy (non-hydrogen) atoms. The summed E-state index contributed by atoms with van der Waals surface area (Å²) in [7, 11) is 0. The summed E-state index contributed by atoms with van der Waals surface area (Å²) in [5.41, 5.74) is 5.52. The molecule has 0 aliphatic carbocycles. The van der Waals surface area contributed by atoms with E-state index in [0.717, 1.165) is 13.0 Å². The first-order valence-electron chi connectivity index (χ1n) is 5.78. The Bertz CT molecular complexity index is 94.1. The Morgan fingerprint density at radius 1 is 1.15 bits per heavy atom. The lowest BCUT2D eigenvalue weighted by molar-refractivity contribution is 0.460. The molecule has 0 aliphatic heterocycles. The van der Waals surface area contributed by atoms with Crippen LogP contribution in [0.5, 0.6) is 0 Å². The summed E-state index contributed by atoms with van der Waals surface area (Å²) in [4.78, 5) is 0. The van der Waals surface area contributed by atoms with E-state index < -0.39 is 0 Å². The van der Waals surface area contributed by atoms with E-state index in [-0.39, 0.29) is 0 Å². The summed E-state index contributed by atoms with van der Waals surface area (Å²) >= 11 is 0. The summed E-state index contributed by atoms with van der Waals surface area (Å²) in [5, 5.41) is 3.55. The van der Waals surface area contributed by atoms with Crippen LogP contribution in [-0.4, -0.2) is 19.1 Å². The highest BCUT2D eigenvalue weighted by atomic mass is 14.9. The van der Waals surface area contributed by atoms with Crippen LogP contribution >= 0.6 is 0 Å². The Labute approximate surface area is 83.3 Å². The molecule has 0 fully saturated rings. The molecule has 0 aromatic rings. The molecule has 0 rings (SSSR count). The van der Waals surface area contributed by atoms with Gasteiger partial charge in [-0.05, 0) is 32.4 Å². The quantitative estimate of drug-likeness (QED) is 0.542. The van der Waals surface area contributed by atoms with Gasteiger partial charge in [-0.25, -0.2) is 0 Å². The van der Waals surface area contributed by atoms with Crippen molar-refractivity contribution in [3.63, 3.8) is 0 Å². The van der Waals surface area contributed by atoms with Gasteiger partial charge in [0.05, 0.1) is 0 Å². The molecule has 1 unspecified atom stereocenters. The van der Waals surface area contributed by atoms with Crippen LogP contribution in [0.25, 0.3) is 0 Å². The van der Waals surface area contributed by atoms with Gasteiger partial charge in [0.2, 0.25) is 0 Å². The van der Waals surface area contributed by atoms with Crippen LogP contribution in [0.2, 0.25) is 0 Å². The summed E-state index contributed by atoms with van der Waals surface area (Å²) in [6.07, 6.45) is 7.68. The van der Waals surface area contributed by atoms with E-state index in [0.29, 0.717) is 6.04 Å². The monoisotopic (exact) mass is 186 g/mol. The number of nitrogens with one attached hydrogen (secondary N) is 1. The van der Waals surface area contributed by atoms with Gasteiger partial charge in [-0.3, -0.25) is 0 Å². The van der Waals surface area contributed by atoms with Gasteiger partial charge in [-0.15, -0.1) is 0 Å². The molecule has 0 saturated carbocycles. The molecule has 0 radical (unpaired) electrons. The molecule has 0 aromatic heterocycles. The van der Waals surface area contributed by atoms with Crippen molar-refractivity contribution in [3.05, 3.63) is 0 Å². The van der Waals surface area contributed by atoms with Crippen molar-refractivity contribution in [1.82, 2.24) is 5.32 Å². The van der Waals surface area contributed by atoms with Crippen LogP contribution < -0.4 is 11.1 Å². The molecule has 0 aliphatic rings. The maximum absolute atomic E-state index is 5.52. The average Bonchev–Trinajstić information content (AvgIpc) is 2.16. The van der Waals surface area contributed by atoms with Crippen molar-refractivity contribution < 1.29 is 0 Å². The molecule has 0 bridgehead atoms. The van der Waals surface area contributed by atoms with Crippen LogP contribution in [-0.2, 0) is 0 Å². The fraction of sp³-hybridized carbons (Fsp3) is 1.00. The number of hydrogen-bond donors (Lipinski definition) is 2. The highest BCUT2D eigenvalue weighted by Gasteiger charge is 2.02. The summed E-state index contributed by atoms with van der Waals surface area (Å²) in [6, 6.07) is 0.645. The number of rotatable bonds is 9. The zero-order valence-corrected chi connectivity index (χ0v) is 9.31. The Morgan fingerprint density at radius 2 is 1.92 bits per heavy atom. The van der Waals surface area contributed by atoms with Gasteiger partial charge in [0.25, 0.3) is 0 Å². The third-order valence-electron chi connectivity index (χ3n) is 2.47. The predicted octanol–water partition coefficient (Wildman–Crippen LogP) is 2.28. The highest BCUT2D eigenvalue weighted by Crippen LogP contribution is 2.00. The van der Waals surface area contributed by atoms with Gasteiger partial charge >= 0.3 is 0 Å². The molecular weight excluding hydrogens is 160 g/mol. The summed E-state index contributed by atoms with van der Waals surface area (Å²) in [6.45, 7) is 6.44. The first kappa shape index (κ1) is 12.9. The van der Waals surface area contributed by atoms with Gasteiger partial charge in [-0.2, -0.15) is 0 Å². The van der Waals surface area contributed by atoms with Gasteiger partial charge in [0.1, 0.15) is 0 Å². The van der Waals surface area contributed by atoms with Crippen molar-refractivity contribution in [2.75, 3.05) is 13.1 Å². The molecule has 3 N–H and O–H groups in total. The normalized spacial score (nSPS) is 13.2. The Kier molecular flexibility index (Phi) is 9.94. The smallest absolute Gasteiger partial charge is 0.00764 e. The van der Waals surface area contributed by atoms with E-state index in [1.54, 1.807) is 0 Å².